The molecule has 0 fully saturated rings. The third kappa shape index (κ3) is 2.93. The Hall–Kier alpha value is -3.54. The van der Waals surface area contributed by atoms with E-state index in [1.165, 1.54) is 38.5 Å². The fraction of sp³-hybridized carbons (Fsp3) is 0.100. The van der Waals surface area contributed by atoms with Crippen LogP contribution in [0.3, 0.4) is 0 Å². The second-order valence-electron chi connectivity index (χ2n) is 5.63. The quantitative estimate of drug-likeness (QED) is 0.531. The average molecular weight is 354 g/mol. The van der Waals surface area contributed by atoms with Crippen molar-refractivity contribution in [3.63, 3.8) is 0 Å². The van der Waals surface area contributed by atoms with Gasteiger partial charge in [-0.25, -0.2) is 0 Å². The highest BCUT2D eigenvalue weighted by molar-refractivity contribution is 5.88. The molecule has 0 unspecified atom stereocenters. The Morgan fingerprint density at radius 3 is 1.92 bits per heavy atom. The van der Waals surface area contributed by atoms with Crippen LogP contribution in [0.25, 0.3) is 22.3 Å². The van der Waals surface area contributed by atoms with Crippen molar-refractivity contribution in [2.45, 2.75) is 0 Å². The highest BCUT2D eigenvalue weighted by Gasteiger charge is 2.22. The van der Waals surface area contributed by atoms with Gasteiger partial charge in [-0.15, -0.1) is 0 Å². The van der Waals surface area contributed by atoms with Crippen LogP contribution in [-0.4, -0.2) is 34.6 Å². The number of hydrogen-bond donors (Lipinski definition) is 4. The molecule has 4 N–H and O–H groups in total. The lowest BCUT2D eigenvalue weighted by Gasteiger charge is -2.18. The summed E-state index contributed by atoms with van der Waals surface area (Å²) < 4.78 is 10.8. The molecule has 0 aliphatic heterocycles. The lowest BCUT2D eigenvalue weighted by Crippen LogP contribution is -1.95. The van der Waals surface area contributed by atoms with Gasteiger partial charge in [0.15, 0.2) is 23.0 Å². The van der Waals surface area contributed by atoms with Gasteiger partial charge in [-0.05, 0) is 41.5 Å². The third-order valence-corrected chi connectivity index (χ3v) is 4.08. The molecule has 0 heterocycles. The molecule has 0 saturated carbocycles. The Balaban J connectivity index is 2.27. The Morgan fingerprint density at radius 2 is 1.35 bits per heavy atom. The molecule has 0 atom stereocenters. The van der Waals surface area contributed by atoms with E-state index in [4.69, 9.17) is 9.47 Å². The lowest BCUT2D eigenvalue weighted by molar-refractivity contribution is 0.369. The van der Waals surface area contributed by atoms with Crippen LogP contribution >= 0.6 is 0 Å². The van der Waals surface area contributed by atoms with Crippen LogP contribution in [0, 0.1) is 0 Å². The van der Waals surface area contributed by atoms with Crippen LogP contribution < -0.4 is 9.47 Å². The first-order chi connectivity index (χ1) is 12.5. The van der Waals surface area contributed by atoms with E-state index in [2.05, 4.69) is 0 Å². The van der Waals surface area contributed by atoms with Crippen LogP contribution in [0.4, 0.5) is 0 Å². The first kappa shape index (κ1) is 17.3. The first-order valence-corrected chi connectivity index (χ1v) is 7.76. The van der Waals surface area contributed by atoms with E-state index >= 15 is 0 Å². The Labute approximate surface area is 150 Å². The summed E-state index contributed by atoms with van der Waals surface area (Å²) in [4.78, 5) is 0. The fourth-order valence-corrected chi connectivity index (χ4v) is 2.81. The third-order valence-electron chi connectivity index (χ3n) is 4.08. The summed E-state index contributed by atoms with van der Waals surface area (Å²) in [5.41, 5.74) is 2.06. The van der Waals surface area contributed by atoms with Gasteiger partial charge in [0.05, 0.1) is 19.8 Å². The van der Waals surface area contributed by atoms with Crippen molar-refractivity contribution in [1.29, 1.82) is 0 Å². The van der Waals surface area contributed by atoms with Gasteiger partial charge < -0.3 is 29.9 Å². The minimum Gasteiger partial charge on any atom is -0.508 e. The lowest BCUT2D eigenvalue weighted by atomic mass is 9.96. The van der Waals surface area contributed by atoms with E-state index in [1.807, 2.05) is 0 Å². The topological polar surface area (TPSA) is 99.4 Å². The molecule has 134 valence electrons. The molecule has 26 heavy (non-hydrogen) atoms. The molecule has 6 heteroatoms. The Morgan fingerprint density at radius 1 is 0.692 bits per heavy atom. The minimum absolute atomic E-state index is 0.125. The summed E-state index contributed by atoms with van der Waals surface area (Å²) in [6, 6.07) is 12.3. The first-order valence-electron chi connectivity index (χ1n) is 7.76. The number of aromatic hydroxyl groups is 4. The zero-order valence-corrected chi connectivity index (χ0v) is 14.2. The Kier molecular flexibility index (Phi) is 4.49. The van der Waals surface area contributed by atoms with Crippen molar-refractivity contribution in [1.82, 2.24) is 0 Å². The summed E-state index contributed by atoms with van der Waals surface area (Å²) >= 11 is 0. The van der Waals surface area contributed by atoms with Crippen LogP contribution in [0.15, 0.2) is 48.5 Å². The van der Waals surface area contributed by atoms with Crippen molar-refractivity contribution in [2.24, 2.45) is 0 Å². The van der Waals surface area contributed by atoms with Gasteiger partial charge in [-0.2, -0.15) is 0 Å². The molecule has 0 aliphatic carbocycles. The summed E-state index contributed by atoms with van der Waals surface area (Å²) in [5.74, 6) is -0.0407. The van der Waals surface area contributed by atoms with E-state index in [0.717, 1.165) is 0 Å². The molecule has 0 saturated heterocycles. The summed E-state index contributed by atoms with van der Waals surface area (Å²) in [5, 5.41) is 39.6. The molecule has 3 aromatic carbocycles. The molecular weight excluding hydrogens is 336 g/mol. The average Bonchev–Trinajstić information content (AvgIpc) is 2.64. The maximum atomic E-state index is 10.8. The molecule has 6 nitrogen and oxygen atoms in total. The van der Waals surface area contributed by atoms with Crippen molar-refractivity contribution in [3.05, 3.63) is 48.5 Å². The van der Waals surface area contributed by atoms with E-state index in [9.17, 15) is 20.4 Å². The Bertz CT molecular complexity index is 948. The highest BCUT2D eigenvalue weighted by atomic mass is 16.5. The molecule has 0 bridgehead atoms. The molecule has 3 aromatic rings. The number of phenols is 4. The standard InChI is InChI=1S/C20H18O6/c1-25-17-10-14(11-3-6-13(21)7-4-11)20(26-2)19(24)18(17)12-5-8-15(22)16(23)9-12/h3-10,21-24H,1-2H3. The zero-order chi connectivity index (χ0) is 18.8. The van der Waals surface area contributed by atoms with E-state index < -0.39 is 0 Å². The van der Waals surface area contributed by atoms with Gasteiger partial charge in [0.2, 0.25) is 0 Å². The summed E-state index contributed by atoms with van der Waals surface area (Å²) in [6.45, 7) is 0. The minimum atomic E-state index is -0.314. The van der Waals surface area contributed by atoms with E-state index in [0.29, 0.717) is 28.0 Å². The maximum Gasteiger partial charge on any atom is 0.170 e. The number of methoxy groups -OCH3 is 2. The molecule has 0 amide bonds. The number of rotatable bonds is 4. The van der Waals surface area contributed by atoms with Crippen molar-refractivity contribution >= 4 is 0 Å². The molecule has 0 aromatic heterocycles. The van der Waals surface area contributed by atoms with Crippen molar-refractivity contribution in [3.8, 4) is 56.8 Å². The SMILES string of the molecule is COc1cc(-c2ccc(O)cc2)c(OC)c(O)c1-c1ccc(O)c(O)c1. The van der Waals surface area contributed by atoms with Crippen molar-refractivity contribution < 1.29 is 29.9 Å². The second-order valence-corrected chi connectivity index (χ2v) is 5.63. The van der Waals surface area contributed by atoms with Crippen LogP contribution in [-0.2, 0) is 0 Å². The zero-order valence-electron chi connectivity index (χ0n) is 14.2. The van der Waals surface area contributed by atoms with Crippen LogP contribution in [0.2, 0.25) is 0 Å². The summed E-state index contributed by atoms with van der Waals surface area (Å²) in [6.07, 6.45) is 0. The van der Waals surface area contributed by atoms with Gasteiger partial charge in [-0.3, -0.25) is 0 Å². The molecule has 0 spiro atoms. The fourth-order valence-electron chi connectivity index (χ4n) is 2.81. The van der Waals surface area contributed by atoms with Crippen LogP contribution in [0.1, 0.15) is 0 Å². The van der Waals surface area contributed by atoms with Gasteiger partial charge in [0, 0.05) is 5.56 Å². The maximum absolute atomic E-state index is 10.8. The van der Waals surface area contributed by atoms with Gasteiger partial charge in [-0.1, -0.05) is 18.2 Å². The predicted octanol–water partition coefficient (Wildman–Crippen LogP) is 3.86. The molecule has 0 radical (unpaired) electrons. The normalized spacial score (nSPS) is 10.5. The van der Waals surface area contributed by atoms with E-state index in [-0.39, 0.29) is 28.7 Å². The van der Waals surface area contributed by atoms with Gasteiger partial charge in [0.25, 0.3) is 0 Å². The predicted molar refractivity (Wildman–Crippen MR) is 97.1 cm³/mol. The van der Waals surface area contributed by atoms with Gasteiger partial charge in [0.1, 0.15) is 11.5 Å². The second kappa shape index (κ2) is 6.76. The number of ether oxygens (including phenoxy) is 2. The largest absolute Gasteiger partial charge is 0.508 e. The smallest absolute Gasteiger partial charge is 0.170 e. The van der Waals surface area contributed by atoms with Gasteiger partial charge >= 0.3 is 0 Å². The highest BCUT2D eigenvalue weighted by Crippen LogP contribution is 2.50. The number of phenolic OH excluding ortho intramolecular Hbond substituents is 4. The number of hydrogen-bond acceptors (Lipinski definition) is 6. The molecular formula is C20H18O6. The monoisotopic (exact) mass is 354 g/mol. The van der Waals surface area contributed by atoms with Crippen LogP contribution in [0.5, 0.6) is 34.5 Å². The number of benzene rings is 3. The molecule has 3 rings (SSSR count). The molecule has 0 aliphatic rings. The van der Waals surface area contributed by atoms with E-state index in [1.54, 1.807) is 24.3 Å². The summed E-state index contributed by atoms with van der Waals surface area (Å²) in [7, 11) is 2.90. The van der Waals surface area contributed by atoms with Crippen molar-refractivity contribution in [2.75, 3.05) is 14.2 Å².